The number of ether oxygens (including phenoxy) is 1. The molecule has 4 atom stereocenters. The molecule has 2 aromatic heterocycles. The number of nitrogens with one attached hydrogen (secondary N) is 1. The van der Waals surface area contributed by atoms with Crippen molar-refractivity contribution in [3.63, 3.8) is 0 Å². The highest BCUT2D eigenvalue weighted by molar-refractivity contribution is 7.72. The third-order valence-electron chi connectivity index (χ3n) is 4.33. The molecule has 9 heteroatoms. The zero-order chi connectivity index (χ0) is 18.2. The first-order chi connectivity index (χ1) is 11.8. The predicted molar refractivity (Wildman–Crippen MR) is 101 cm³/mol. The van der Waals surface area contributed by atoms with Crippen molar-refractivity contribution in [3.05, 3.63) is 12.7 Å². The molecule has 0 radical (unpaired) electrons. The van der Waals surface area contributed by atoms with Crippen molar-refractivity contribution in [2.45, 2.75) is 37.9 Å². The largest absolute Gasteiger partial charge is 0.388 e. The Morgan fingerprint density at radius 2 is 2.04 bits per heavy atom. The molecule has 1 saturated heterocycles. The second-order valence-corrected chi connectivity index (χ2v) is 11.4. The summed E-state index contributed by atoms with van der Waals surface area (Å²) in [6.45, 7) is 5.76. The molecule has 138 valence electrons. The van der Waals surface area contributed by atoms with E-state index in [1.54, 1.807) is 10.9 Å². The summed E-state index contributed by atoms with van der Waals surface area (Å²) in [5, 5.41) is 24.0. The zero-order valence-electron chi connectivity index (χ0n) is 14.8. The van der Waals surface area contributed by atoms with E-state index >= 15 is 0 Å². The van der Waals surface area contributed by atoms with E-state index in [-0.39, 0.29) is 0 Å². The van der Waals surface area contributed by atoms with E-state index in [4.69, 9.17) is 4.74 Å². The Morgan fingerprint density at radius 3 is 2.72 bits per heavy atom. The van der Waals surface area contributed by atoms with Crippen molar-refractivity contribution in [1.29, 1.82) is 0 Å². The van der Waals surface area contributed by atoms with Crippen LogP contribution in [0, 0.1) is 0 Å². The maximum absolute atomic E-state index is 10.5. The highest BCUT2D eigenvalue weighted by atomic mass is 31.2. The molecule has 0 aromatic carbocycles. The van der Waals surface area contributed by atoms with E-state index in [9.17, 15) is 10.2 Å². The van der Waals surface area contributed by atoms with Gasteiger partial charge in [0.05, 0.1) is 12.4 Å². The summed E-state index contributed by atoms with van der Waals surface area (Å²) < 4.78 is 7.63. The molecule has 8 nitrogen and oxygen atoms in total. The number of hydrogen-bond donors (Lipinski definition) is 3. The van der Waals surface area contributed by atoms with E-state index in [1.807, 2.05) is 6.92 Å². The first-order valence-corrected chi connectivity index (χ1v) is 11.5. The van der Waals surface area contributed by atoms with Gasteiger partial charge in [0.2, 0.25) is 0 Å². The normalized spacial score (nSPS) is 27.1. The Hall–Kier alpha value is -1.47. The van der Waals surface area contributed by atoms with Gasteiger partial charge in [0.25, 0.3) is 0 Å². The molecular formula is C16H26N5O3P. The minimum Gasteiger partial charge on any atom is -0.388 e. The summed E-state index contributed by atoms with van der Waals surface area (Å²) in [4.78, 5) is 12.8. The minimum absolute atomic E-state index is 0.423. The van der Waals surface area contributed by atoms with Crippen molar-refractivity contribution >= 4 is 30.2 Å². The molecule has 1 aliphatic heterocycles. The number of fused-ring (bicyclic) bond motifs is 1. The van der Waals surface area contributed by atoms with Gasteiger partial charge >= 0.3 is 0 Å². The molecule has 25 heavy (non-hydrogen) atoms. The van der Waals surface area contributed by atoms with Crippen molar-refractivity contribution < 1.29 is 14.9 Å². The van der Waals surface area contributed by atoms with Crippen LogP contribution in [0.4, 0.5) is 5.82 Å². The van der Waals surface area contributed by atoms with E-state index < -0.39 is 31.4 Å². The molecule has 0 aliphatic carbocycles. The topological polar surface area (TPSA) is 105 Å². The summed E-state index contributed by atoms with van der Waals surface area (Å²) in [6, 6.07) is 0. The smallest absolute Gasteiger partial charge is 0.167 e. The third-order valence-corrected chi connectivity index (χ3v) is 5.80. The number of rotatable bonds is 6. The van der Waals surface area contributed by atoms with Gasteiger partial charge in [-0.1, -0.05) is 0 Å². The fourth-order valence-corrected chi connectivity index (χ4v) is 3.96. The van der Waals surface area contributed by atoms with Crippen molar-refractivity contribution in [2.24, 2.45) is 0 Å². The first-order valence-electron chi connectivity index (χ1n) is 8.42. The lowest BCUT2D eigenvalue weighted by atomic mass is 10.1. The fraction of sp³-hybridized carbons (Fsp3) is 0.625. The van der Waals surface area contributed by atoms with Crippen LogP contribution in [0.5, 0.6) is 0 Å². The summed E-state index contributed by atoms with van der Waals surface area (Å²) in [5.41, 5.74) is 1.18. The maximum Gasteiger partial charge on any atom is 0.167 e. The summed E-state index contributed by atoms with van der Waals surface area (Å²) >= 11 is 0. The van der Waals surface area contributed by atoms with Gasteiger partial charge in [0.15, 0.2) is 23.2 Å². The van der Waals surface area contributed by atoms with Crippen molar-refractivity contribution in [2.75, 3.05) is 31.4 Å². The molecule has 1 fully saturated rings. The average molecular weight is 367 g/mol. The van der Waals surface area contributed by atoms with E-state index in [1.165, 1.54) is 6.33 Å². The SMILES string of the molecule is C=P(C)(C)CC[C@H]1OC(n2cnc3c(NCC)ncnc32)[C@H](O)[C@@H]1O. The monoisotopic (exact) mass is 367 g/mol. The number of nitrogens with zero attached hydrogens (tertiary/aromatic N) is 4. The van der Waals surface area contributed by atoms with Crippen LogP contribution in [-0.4, -0.2) is 80.4 Å². The lowest BCUT2D eigenvalue weighted by molar-refractivity contribution is -0.0353. The summed E-state index contributed by atoms with van der Waals surface area (Å²) in [6.07, 6.45) is 5.65. The second kappa shape index (κ2) is 7.03. The van der Waals surface area contributed by atoms with E-state index in [0.29, 0.717) is 29.9 Å². The van der Waals surface area contributed by atoms with Gasteiger partial charge < -0.3 is 20.3 Å². The predicted octanol–water partition coefficient (Wildman–Crippen LogP) is 0.977. The van der Waals surface area contributed by atoms with Gasteiger partial charge in [-0.25, -0.2) is 15.0 Å². The Balaban J connectivity index is 1.85. The fourth-order valence-electron chi connectivity index (χ4n) is 3.01. The summed E-state index contributed by atoms with van der Waals surface area (Å²) in [7, 11) is 0. The number of hydrogen-bond acceptors (Lipinski definition) is 7. The average Bonchev–Trinajstić information content (AvgIpc) is 3.09. The molecule has 0 amide bonds. The van der Waals surface area contributed by atoms with Crippen LogP contribution >= 0.6 is 6.89 Å². The lowest BCUT2D eigenvalue weighted by Crippen LogP contribution is -2.31. The van der Waals surface area contributed by atoms with E-state index in [0.717, 1.165) is 6.16 Å². The molecule has 3 rings (SSSR count). The maximum atomic E-state index is 10.5. The van der Waals surface area contributed by atoms with Gasteiger partial charge in [-0.15, -0.1) is 13.2 Å². The molecular weight excluding hydrogens is 341 g/mol. The number of aliphatic hydroxyl groups excluding tert-OH is 2. The van der Waals surface area contributed by atoms with Crippen molar-refractivity contribution in [3.8, 4) is 0 Å². The quantitative estimate of drug-likeness (QED) is 0.654. The number of anilines is 1. The van der Waals surface area contributed by atoms with Gasteiger partial charge in [0.1, 0.15) is 18.5 Å². The van der Waals surface area contributed by atoms with Gasteiger partial charge in [-0.3, -0.25) is 4.57 Å². The molecule has 0 bridgehead atoms. The van der Waals surface area contributed by atoms with Crippen LogP contribution in [0.25, 0.3) is 11.2 Å². The molecule has 0 spiro atoms. The highest BCUT2D eigenvalue weighted by Crippen LogP contribution is 2.40. The van der Waals surface area contributed by atoms with Crippen LogP contribution in [-0.2, 0) is 4.74 Å². The van der Waals surface area contributed by atoms with Crippen LogP contribution in [0.2, 0.25) is 0 Å². The van der Waals surface area contributed by atoms with E-state index in [2.05, 4.69) is 39.9 Å². The molecule has 3 heterocycles. The molecule has 0 saturated carbocycles. The van der Waals surface area contributed by atoms with Crippen LogP contribution < -0.4 is 5.32 Å². The number of imidazole rings is 1. The van der Waals surface area contributed by atoms with Crippen LogP contribution in [0.1, 0.15) is 19.6 Å². The highest BCUT2D eigenvalue weighted by Gasteiger charge is 2.44. The van der Waals surface area contributed by atoms with Crippen LogP contribution in [0.15, 0.2) is 12.7 Å². The Morgan fingerprint density at radius 1 is 1.28 bits per heavy atom. The molecule has 3 N–H and O–H groups in total. The van der Waals surface area contributed by atoms with Crippen molar-refractivity contribution in [1.82, 2.24) is 19.5 Å². The van der Waals surface area contributed by atoms with Crippen LogP contribution in [0.3, 0.4) is 0 Å². The van der Waals surface area contributed by atoms with Gasteiger partial charge in [-0.05, 0) is 32.8 Å². The third kappa shape index (κ3) is 3.72. The zero-order valence-corrected chi connectivity index (χ0v) is 15.7. The van der Waals surface area contributed by atoms with Gasteiger partial charge in [0, 0.05) is 6.54 Å². The first kappa shape index (κ1) is 18.3. The van der Waals surface area contributed by atoms with Gasteiger partial charge in [-0.2, -0.15) is 0 Å². The Kier molecular flexibility index (Phi) is 5.16. The molecule has 1 unspecified atom stereocenters. The minimum atomic E-state index is -1.22. The number of aliphatic hydroxyl groups is 2. The Bertz CT molecular complexity index is 789. The Labute approximate surface area is 147 Å². The molecule has 1 aliphatic rings. The lowest BCUT2D eigenvalue weighted by Gasteiger charge is -2.18. The standard InChI is InChI=1S/C16H26N5O3P/c1-5-17-14-11-15(19-8-18-14)21(9-20-11)16-13(23)12(22)10(24-16)6-7-25(2,3)4/h8-10,12-13,16,22-23H,2,5-7H2,1,3-4H3,(H,17,18,19)/t10-,12-,13-,16?/m1/s1. The number of aromatic nitrogens is 4. The summed E-state index contributed by atoms with van der Waals surface area (Å²) in [5.74, 6) is 0.638. The molecule has 2 aromatic rings. The second-order valence-electron chi connectivity index (χ2n) is 7.07.